The van der Waals surface area contributed by atoms with E-state index in [1.807, 2.05) is 0 Å². The molecule has 4 bridgehead atoms. The van der Waals surface area contributed by atoms with Gasteiger partial charge in [-0.2, -0.15) is 0 Å². The van der Waals surface area contributed by atoms with Crippen molar-refractivity contribution in [3.05, 3.63) is 35.4 Å². The van der Waals surface area contributed by atoms with Gasteiger partial charge in [-0.05, 0) is 79.2 Å². The minimum atomic E-state index is 0.323. The standard InChI is InChI=1S/C19H28N2/c1-13-5-3-4-6-16(13)17(21-20)19-10-14-7-15(11-19)9-18(2,8-14)12-19/h3-6,14-15,17,21H,7-12,20H2,1-2H3. The smallest absolute Gasteiger partial charge is 0.0519 e. The lowest BCUT2D eigenvalue weighted by molar-refractivity contribution is -0.119. The third-order valence-electron chi connectivity index (χ3n) is 6.68. The first-order valence-electron chi connectivity index (χ1n) is 8.55. The lowest BCUT2D eigenvalue weighted by Gasteiger charge is -2.63. The van der Waals surface area contributed by atoms with Gasteiger partial charge in [0, 0.05) is 0 Å². The van der Waals surface area contributed by atoms with Crippen LogP contribution < -0.4 is 11.3 Å². The summed E-state index contributed by atoms with van der Waals surface area (Å²) in [6.45, 7) is 4.76. The SMILES string of the molecule is Cc1ccccc1C(NN)C12CC3CC(CC(C)(C3)C1)C2. The van der Waals surface area contributed by atoms with Crippen molar-refractivity contribution < 1.29 is 0 Å². The van der Waals surface area contributed by atoms with Gasteiger partial charge in [0.25, 0.3) is 0 Å². The molecule has 2 nitrogen and oxygen atoms in total. The molecule has 21 heavy (non-hydrogen) atoms. The maximum Gasteiger partial charge on any atom is 0.0519 e. The van der Waals surface area contributed by atoms with Crippen molar-refractivity contribution in [1.82, 2.24) is 5.43 Å². The van der Waals surface area contributed by atoms with Crippen LogP contribution >= 0.6 is 0 Å². The molecule has 0 amide bonds. The van der Waals surface area contributed by atoms with Crippen LogP contribution in [0, 0.1) is 29.6 Å². The molecule has 3 unspecified atom stereocenters. The van der Waals surface area contributed by atoms with Gasteiger partial charge < -0.3 is 0 Å². The van der Waals surface area contributed by atoms with Crippen molar-refractivity contribution in [3.63, 3.8) is 0 Å². The summed E-state index contributed by atoms with van der Waals surface area (Å²) in [5, 5.41) is 0. The second kappa shape index (κ2) is 4.57. The Kier molecular flexibility index (Phi) is 3.00. The van der Waals surface area contributed by atoms with Crippen LogP contribution in [0.4, 0.5) is 0 Å². The van der Waals surface area contributed by atoms with Crippen LogP contribution in [0.2, 0.25) is 0 Å². The number of hydrogen-bond acceptors (Lipinski definition) is 2. The predicted molar refractivity (Wildman–Crippen MR) is 86.5 cm³/mol. The molecule has 4 fully saturated rings. The number of aryl methyl sites for hydroxylation is 1. The first-order chi connectivity index (χ1) is 10.0. The molecule has 0 radical (unpaired) electrons. The van der Waals surface area contributed by atoms with E-state index in [-0.39, 0.29) is 0 Å². The average molecular weight is 284 g/mol. The zero-order valence-electron chi connectivity index (χ0n) is 13.4. The van der Waals surface area contributed by atoms with Crippen LogP contribution in [0.25, 0.3) is 0 Å². The van der Waals surface area contributed by atoms with E-state index in [9.17, 15) is 0 Å². The Balaban J connectivity index is 1.75. The van der Waals surface area contributed by atoms with E-state index in [0.29, 0.717) is 16.9 Å². The summed E-state index contributed by atoms with van der Waals surface area (Å²) in [6, 6.07) is 9.12. The van der Waals surface area contributed by atoms with Gasteiger partial charge in [0.15, 0.2) is 0 Å². The van der Waals surface area contributed by atoms with E-state index in [2.05, 4.69) is 43.5 Å². The number of rotatable bonds is 3. The van der Waals surface area contributed by atoms with Crippen molar-refractivity contribution in [2.24, 2.45) is 28.5 Å². The normalized spacial score (nSPS) is 42.2. The number of benzene rings is 1. The average Bonchev–Trinajstić information content (AvgIpc) is 2.38. The van der Waals surface area contributed by atoms with Crippen LogP contribution in [0.5, 0.6) is 0 Å². The predicted octanol–water partition coefficient (Wildman–Crippen LogP) is 4.11. The maximum atomic E-state index is 6.09. The summed E-state index contributed by atoms with van der Waals surface area (Å²) >= 11 is 0. The lowest BCUT2D eigenvalue weighted by Crippen LogP contribution is -2.56. The van der Waals surface area contributed by atoms with E-state index in [1.165, 1.54) is 49.7 Å². The van der Waals surface area contributed by atoms with Crippen molar-refractivity contribution >= 4 is 0 Å². The van der Waals surface area contributed by atoms with E-state index in [4.69, 9.17) is 5.84 Å². The van der Waals surface area contributed by atoms with Crippen LogP contribution in [-0.2, 0) is 0 Å². The van der Waals surface area contributed by atoms with Crippen LogP contribution in [0.3, 0.4) is 0 Å². The van der Waals surface area contributed by atoms with Gasteiger partial charge in [0.2, 0.25) is 0 Å². The minimum absolute atomic E-state index is 0.323. The number of nitrogens with two attached hydrogens (primary N) is 1. The van der Waals surface area contributed by atoms with Gasteiger partial charge in [-0.15, -0.1) is 0 Å². The monoisotopic (exact) mass is 284 g/mol. The second-order valence-corrected chi connectivity index (χ2v) is 8.59. The molecule has 114 valence electrons. The van der Waals surface area contributed by atoms with E-state index < -0.39 is 0 Å². The molecule has 4 aliphatic carbocycles. The highest BCUT2D eigenvalue weighted by Gasteiger charge is 2.58. The zero-order chi connectivity index (χ0) is 14.7. The van der Waals surface area contributed by atoms with Crippen molar-refractivity contribution in [3.8, 4) is 0 Å². The lowest BCUT2D eigenvalue weighted by atomic mass is 9.42. The molecule has 4 aliphatic rings. The Morgan fingerprint density at radius 3 is 2.38 bits per heavy atom. The van der Waals surface area contributed by atoms with Gasteiger partial charge in [-0.25, -0.2) is 0 Å². The summed E-state index contributed by atoms with van der Waals surface area (Å²) in [6.07, 6.45) is 8.50. The Bertz CT molecular complexity index is 536. The minimum Gasteiger partial charge on any atom is -0.271 e. The van der Waals surface area contributed by atoms with Gasteiger partial charge in [0.05, 0.1) is 6.04 Å². The molecule has 0 spiro atoms. The zero-order valence-corrected chi connectivity index (χ0v) is 13.4. The molecule has 3 N–H and O–H groups in total. The number of nitrogens with one attached hydrogen (secondary N) is 1. The first-order valence-corrected chi connectivity index (χ1v) is 8.55. The summed E-state index contributed by atoms with van der Waals surface area (Å²) in [5.74, 6) is 7.97. The van der Waals surface area contributed by atoms with Crippen LogP contribution in [0.1, 0.15) is 62.6 Å². The van der Waals surface area contributed by atoms with E-state index >= 15 is 0 Å². The van der Waals surface area contributed by atoms with Crippen molar-refractivity contribution in [2.75, 3.05) is 0 Å². The fourth-order valence-electron chi connectivity index (χ4n) is 6.64. The molecule has 0 aliphatic heterocycles. The quantitative estimate of drug-likeness (QED) is 0.647. The second-order valence-electron chi connectivity index (χ2n) is 8.59. The first kappa shape index (κ1) is 13.8. The molecule has 3 atom stereocenters. The highest BCUT2D eigenvalue weighted by Crippen LogP contribution is 2.68. The van der Waals surface area contributed by atoms with Gasteiger partial charge in [-0.1, -0.05) is 31.2 Å². The molecular formula is C19H28N2. The third-order valence-corrected chi connectivity index (χ3v) is 6.68. The van der Waals surface area contributed by atoms with E-state index in [1.54, 1.807) is 0 Å². The highest BCUT2D eigenvalue weighted by atomic mass is 15.2. The summed E-state index contributed by atoms with van der Waals surface area (Å²) < 4.78 is 0. The fourth-order valence-corrected chi connectivity index (χ4v) is 6.64. The van der Waals surface area contributed by atoms with Crippen molar-refractivity contribution in [2.45, 2.75) is 58.4 Å². The maximum absolute atomic E-state index is 6.09. The summed E-state index contributed by atoms with van der Waals surface area (Å²) in [5.41, 5.74) is 6.99. The van der Waals surface area contributed by atoms with Gasteiger partial charge in [-0.3, -0.25) is 11.3 Å². The molecule has 2 heteroatoms. The highest BCUT2D eigenvalue weighted by molar-refractivity contribution is 5.31. The van der Waals surface area contributed by atoms with E-state index in [0.717, 1.165) is 11.8 Å². The molecule has 0 saturated heterocycles. The molecule has 1 aromatic carbocycles. The Morgan fingerprint density at radius 2 is 1.81 bits per heavy atom. The Hall–Kier alpha value is -0.860. The Morgan fingerprint density at radius 1 is 1.14 bits per heavy atom. The number of hydrazine groups is 1. The molecular weight excluding hydrogens is 256 g/mol. The topological polar surface area (TPSA) is 38.0 Å². The van der Waals surface area contributed by atoms with Crippen LogP contribution in [0.15, 0.2) is 24.3 Å². The van der Waals surface area contributed by atoms with Gasteiger partial charge in [0.1, 0.15) is 0 Å². The molecule has 5 rings (SSSR count). The molecule has 1 aromatic rings. The van der Waals surface area contributed by atoms with Crippen LogP contribution in [-0.4, -0.2) is 0 Å². The Labute approximate surface area is 128 Å². The van der Waals surface area contributed by atoms with Gasteiger partial charge >= 0.3 is 0 Å². The molecule has 0 heterocycles. The third kappa shape index (κ3) is 2.07. The molecule has 0 aromatic heterocycles. The molecule has 4 saturated carbocycles. The fraction of sp³-hybridized carbons (Fsp3) is 0.684. The van der Waals surface area contributed by atoms with Crippen molar-refractivity contribution in [1.29, 1.82) is 0 Å². The summed E-state index contributed by atoms with van der Waals surface area (Å²) in [7, 11) is 0. The largest absolute Gasteiger partial charge is 0.271 e. The number of hydrogen-bond donors (Lipinski definition) is 2. The summed E-state index contributed by atoms with van der Waals surface area (Å²) in [4.78, 5) is 0.